The van der Waals surface area contributed by atoms with E-state index in [2.05, 4.69) is 21.8 Å². The van der Waals surface area contributed by atoms with Crippen molar-refractivity contribution in [1.82, 2.24) is 9.97 Å². The number of benzene rings is 1. The minimum atomic E-state index is -2.94. The smallest absolute Gasteiger partial charge is 0.270 e. The van der Waals surface area contributed by atoms with Gasteiger partial charge in [0.15, 0.2) is 5.82 Å². The molecule has 1 aliphatic rings. The normalized spacial score (nSPS) is 14.3. The summed E-state index contributed by atoms with van der Waals surface area (Å²) >= 11 is 0. The van der Waals surface area contributed by atoms with E-state index in [9.17, 15) is 13.2 Å². The van der Waals surface area contributed by atoms with E-state index in [-0.39, 0.29) is 5.56 Å². The highest BCUT2D eigenvalue weighted by atomic mass is 19.3. The third-order valence-electron chi connectivity index (χ3n) is 5.63. The molecule has 0 bridgehead atoms. The number of nitrogens with zero attached hydrogens (tertiary/aromatic N) is 4. The third-order valence-corrected chi connectivity index (χ3v) is 5.63. The van der Waals surface area contributed by atoms with Crippen LogP contribution in [0.5, 0.6) is 0 Å². The number of hydrogen-bond donors (Lipinski definition) is 1. The lowest BCUT2D eigenvalue weighted by Crippen LogP contribution is -2.33. The van der Waals surface area contributed by atoms with E-state index < -0.39 is 11.7 Å². The van der Waals surface area contributed by atoms with Crippen LogP contribution in [0.3, 0.4) is 0 Å². The molecule has 0 aliphatic carbocycles. The SMILES string of the molecule is C=C(Nc1cncc(F)c1)N1CCCCN(C)c2ccc(-c3cccc(C(C)(F)F)c3)nc21. The second kappa shape index (κ2) is 9.13. The van der Waals surface area contributed by atoms with E-state index in [1.165, 1.54) is 24.4 Å². The van der Waals surface area contributed by atoms with Crippen molar-refractivity contribution in [3.8, 4) is 11.3 Å². The van der Waals surface area contributed by atoms with Gasteiger partial charge in [-0.05, 0) is 31.0 Å². The van der Waals surface area contributed by atoms with Gasteiger partial charge >= 0.3 is 0 Å². The van der Waals surface area contributed by atoms with E-state index in [4.69, 9.17) is 4.98 Å². The lowest BCUT2D eigenvalue weighted by Gasteiger charge is -2.34. The standard InChI is InChI=1S/C25H26F3N5/c1-17(30-21-14-20(26)15-29-16-21)33-12-5-4-11-32(3)23-10-9-22(31-24(23)33)18-7-6-8-19(13-18)25(2,27)28/h6-10,13-16,30H,1,4-5,11-12H2,2-3H3. The van der Waals surface area contributed by atoms with Crippen molar-refractivity contribution < 1.29 is 13.2 Å². The predicted molar refractivity (Wildman–Crippen MR) is 126 cm³/mol. The summed E-state index contributed by atoms with van der Waals surface area (Å²) in [6.07, 6.45) is 4.54. The number of halogens is 3. The summed E-state index contributed by atoms with van der Waals surface area (Å²) in [7, 11) is 1.99. The Morgan fingerprint density at radius 2 is 1.88 bits per heavy atom. The summed E-state index contributed by atoms with van der Waals surface area (Å²) in [5.41, 5.74) is 2.50. The van der Waals surface area contributed by atoms with Crippen LogP contribution in [0.15, 0.2) is 67.3 Å². The highest BCUT2D eigenvalue weighted by Crippen LogP contribution is 2.35. The molecule has 3 aromatic rings. The molecule has 0 unspecified atom stereocenters. The third kappa shape index (κ3) is 5.10. The first-order valence-electron chi connectivity index (χ1n) is 10.8. The zero-order chi connectivity index (χ0) is 23.6. The van der Waals surface area contributed by atoms with Crippen LogP contribution in [0.2, 0.25) is 0 Å². The van der Waals surface area contributed by atoms with E-state index in [0.717, 1.165) is 38.2 Å². The number of anilines is 3. The Hall–Kier alpha value is -3.55. The second-order valence-corrected chi connectivity index (χ2v) is 8.25. The molecule has 0 spiro atoms. The van der Waals surface area contributed by atoms with Crippen molar-refractivity contribution in [1.29, 1.82) is 0 Å². The quantitative estimate of drug-likeness (QED) is 0.512. The number of pyridine rings is 2. The average Bonchev–Trinajstić information content (AvgIpc) is 2.77. The summed E-state index contributed by atoms with van der Waals surface area (Å²) in [6, 6.07) is 11.4. The summed E-state index contributed by atoms with van der Waals surface area (Å²) in [4.78, 5) is 12.8. The molecule has 1 aliphatic heterocycles. The van der Waals surface area contributed by atoms with Crippen molar-refractivity contribution >= 4 is 17.2 Å². The van der Waals surface area contributed by atoms with E-state index in [1.54, 1.807) is 12.1 Å². The van der Waals surface area contributed by atoms with Crippen LogP contribution < -0.4 is 15.1 Å². The summed E-state index contributed by atoms with van der Waals surface area (Å²) in [5, 5.41) is 3.12. The molecule has 8 heteroatoms. The minimum absolute atomic E-state index is 0.0628. The summed E-state index contributed by atoms with van der Waals surface area (Å²) in [6.45, 7) is 6.56. The van der Waals surface area contributed by atoms with Crippen molar-refractivity contribution in [2.24, 2.45) is 0 Å². The van der Waals surface area contributed by atoms with Gasteiger partial charge in [0, 0.05) is 44.3 Å². The van der Waals surface area contributed by atoms with Gasteiger partial charge in [0.2, 0.25) is 0 Å². The first-order chi connectivity index (χ1) is 15.7. The fourth-order valence-electron chi connectivity index (χ4n) is 3.87. The molecule has 0 radical (unpaired) electrons. The van der Waals surface area contributed by atoms with Gasteiger partial charge in [-0.15, -0.1) is 0 Å². The van der Waals surface area contributed by atoms with Gasteiger partial charge in [-0.25, -0.2) is 18.2 Å². The van der Waals surface area contributed by atoms with Gasteiger partial charge in [0.1, 0.15) is 11.6 Å². The maximum absolute atomic E-state index is 13.9. The van der Waals surface area contributed by atoms with Gasteiger partial charge in [0.25, 0.3) is 5.92 Å². The van der Waals surface area contributed by atoms with Crippen LogP contribution in [0.25, 0.3) is 11.3 Å². The van der Waals surface area contributed by atoms with Crippen molar-refractivity contribution in [2.75, 3.05) is 35.3 Å². The molecule has 5 nitrogen and oxygen atoms in total. The molecule has 33 heavy (non-hydrogen) atoms. The summed E-state index contributed by atoms with van der Waals surface area (Å²) in [5.74, 6) is -2.21. The van der Waals surface area contributed by atoms with Crippen molar-refractivity contribution in [2.45, 2.75) is 25.7 Å². The molecule has 0 amide bonds. The second-order valence-electron chi connectivity index (χ2n) is 8.25. The Bertz CT molecular complexity index is 1160. The number of hydrogen-bond acceptors (Lipinski definition) is 5. The van der Waals surface area contributed by atoms with Gasteiger partial charge < -0.3 is 15.1 Å². The number of aromatic nitrogens is 2. The predicted octanol–water partition coefficient (Wildman–Crippen LogP) is 6.01. The Morgan fingerprint density at radius 1 is 1.09 bits per heavy atom. The average molecular weight is 454 g/mol. The van der Waals surface area contributed by atoms with E-state index in [1.807, 2.05) is 24.1 Å². The number of rotatable bonds is 5. The van der Waals surface area contributed by atoms with Gasteiger partial charge in [-0.3, -0.25) is 4.98 Å². The fraction of sp³-hybridized carbons (Fsp3) is 0.280. The molecule has 2 aromatic heterocycles. The highest BCUT2D eigenvalue weighted by Gasteiger charge is 2.25. The van der Waals surface area contributed by atoms with Gasteiger partial charge in [0.05, 0.1) is 29.5 Å². The number of fused-ring (bicyclic) bond motifs is 1. The molecule has 4 rings (SSSR count). The van der Waals surface area contributed by atoms with E-state index >= 15 is 0 Å². The molecule has 3 heterocycles. The van der Waals surface area contributed by atoms with Crippen LogP contribution in [-0.4, -0.2) is 30.1 Å². The molecular weight excluding hydrogens is 427 g/mol. The first kappa shape index (κ1) is 22.6. The Kier molecular flexibility index (Phi) is 6.26. The topological polar surface area (TPSA) is 44.3 Å². The Morgan fingerprint density at radius 3 is 2.64 bits per heavy atom. The number of alkyl halides is 2. The van der Waals surface area contributed by atoms with Crippen LogP contribution in [-0.2, 0) is 5.92 Å². The molecule has 0 fully saturated rings. The van der Waals surface area contributed by atoms with Crippen molar-refractivity contribution in [3.63, 3.8) is 0 Å². The largest absolute Gasteiger partial charge is 0.372 e. The Labute approximate surface area is 191 Å². The van der Waals surface area contributed by atoms with Gasteiger partial charge in [-0.1, -0.05) is 24.8 Å². The van der Waals surface area contributed by atoms with E-state index in [0.29, 0.717) is 35.1 Å². The molecule has 0 saturated heterocycles. The maximum Gasteiger partial charge on any atom is 0.270 e. The Balaban J connectivity index is 1.74. The zero-order valence-corrected chi connectivity index (χ0v) is 18.7. The molecule has 0 saturated carbocycles. The minimum Gasteiger partial charge on any atom is -0.372 e. The fourth-order valence-corrected chi connectivity index (χ4v) is 3.87. The zero-order valence-electron chi connectivity index (χ0n) is 18.7. The monoisotopic (exact) mass is 453 g/mol. The van der Waals surface area contributed by atoms with Gasteiger partial charge in [-0.2, -0.15) is 0 Å². The van der Waals surface area contributed by atoms with Crippen LogP contribution in [0, 0.1) is 5.82 Å². The van der Waals surface area contributed by atoms with Crippen LogP contribution in [0.1, 0.15) is 25.3 Å². The van der Waals surface area contributed by atoms with Crippen LogP contribution >= 0.6 is 0 Å². The maximum atomic E-state index is 13.9. The molecular formula is C25H26F3N5. The molecule has 1 aromatic carbocycles. The van der Waals surface area contributed by atoms with Crippen molar-refractivity contribution in [3.05, 3.63) is 78.6 Å². The summed E-state index contributed by atoms with van der Waals surface area (Å²) < 4.78 is 41.4. The van der Waals surface area contributed by atoms with Crippen LogP contribution in [0.4, 0.5) is 30.4 Å². The molecule has 172 valence electrons. The lowest BCUT2D eigenvalue weighted by molar-refractivity contribution is 0.0175. The first-order valence-corrected chi connectivity index (χ1v) is 10.8. The lowest BCUT2D eigenvalue weighted by atomic mass is 10.0. The molecule has 0 atom stereocenters. The number of nitrogens with one attached hydrogen (secondary N) is 1. The highest BCUT2D eigenvalue weighted by molar-refractivity contribution is 5.75. The molecule has 1 N–H and O–H groups in total.